The first-order valence-corrected chi connectivity index (χ1v) is 7.33. The Hall–Kier alpha value is -1.39. The molecule has 0 bridgehead atoms. The van der Waals surface area contributed by atoms with Gasteiger partial charge in [-0.05, 0) is 51.4 Å². The quantitative estimate of drug-likeness (QED) is 0.867. The lowest BCUT2D eigenvalue weighted by molar-refractivity contribution is -0.117. The SMILES string of the molecule is CC(C)(N)CC(=O)Nc1ccccc1CN1CCCC1. The summed E-state index contributed by atoms with van der Waals surface area (Å²) in [6.45, 7) is 6.93. The number of hydrogen-bond acceptors (Lipinski definition) is 3. The second-order valence-corrected chi connectivity index (χ2v) is 6.35. The number of nitrogens with zero attached hydrogens (tertiary/aromatic N) is 1. The van der Waals surface area contributed by atoms with Crippen LogP contribution >= 0.6 is 0 Å². The second kappa shape index (κ2) is 6.37. The van der Waals surface area contributed by atoms with Crippen LogP contribution in [0.2, 0.25) is 0 Å². The van der Waals surface area contributed by atoms with Crippen LogP contribution in [0.4, 0.5) is 5.69 Å². The zero-order chi connectivity index (χ0) is 14.6. The number of likely N-dealkylation sites (tertiary alicyclic amines) is 1. The summed E-state index contributed by atoms with van der Waals surface area (Å²) in [5.41, 5.74) is 7.50. The first-order valence-electron chi connectivity index (χ1n) is 7.33. The van der Waals surface area contributed by atoms with Crippen molar-refractivity contribution in [3.63, 3.8) is 0 Å². The van der Waals surface area contributed by atoms with E-state index >= 15 is 0 Å². The molecule has 4 nitrogen and oxygen atoms in total. The molecule has 3 N–H and O–H groups in total. The maximum absolute atomic E-state index is 12.0. The number of amides is 1. The molecular formula is C16H25N3O. The minimum absolute atomic E-state index is 0.0219. The summed E-state index contributed by atoms with van der Waals surface area (Å²) in [6, 6.07) is 8.03. The van der Waals surface area contributed by atoms with Crippen LogP contribution in [0.5, 0.6) is 0 Å². The highest BCUT2D eigenvalue weighted by Gasteiger charge is 2.18. The molecule has 0 atom stereocenters. The molecule has 1 heterocycles. The van der Waals surface area contributed by atoms with E-state index in [0.29, 0.717) is 6.42 Å². The second-order valence-electron chi connectivity index (χ2n) is 6.35. The number of carbonyl (C=O) groups is 1. The summed E-state index contributed by atoms with van der Waals surface area (Å²) in [4.78, 5) is 14.4. The summed E-state index contributed by atoms with van der Waals surface area (Å²) in [7, 11) is 0. The van der Waals surface area contributed by atoms with Gasteiger partial charge in [0.05, 0.1) is 0 Å². The minimum Gasteiger partial charge on any atom is -0.326 e. The maximum atomic E-state index is 12.0. The van der Waals surface area contributed by atoms with Crippen molar-refractivity contribution < 1.29 is 4.79 Å². The Labute approximate surface area is 121 Å². The van der Waals surface area contributed by atoms with E-state index in [1.807, 2.05) is 32.0 Å². The highest BCUT2D eigenvalue weighted by Crippen LogP contribution is 2.20. The van der Waals surface area contributed by atoms with Gasteiger partial charge in [-0.25, -0.2) is 0 Å². The number of hydrogen-bond donors (Lipinski definition) is 2. The highest BCUT2D eigenvalue weighted by molar-refractivity contribution is 5.92. The van der Waals surface area contributed by atoms with E-state index in [-0.39, 0.29) is 5.91 Å². The van der Waals surface area contributed by atoms with Crippen LogP contribution in [-0.2, 0) is 11.3 Å². The molecule has 0 aromatic heterocycles. The number of nitrogens with two attached hydrogens (primary N) is 1. The number of para-hydroxylation sites is 1. The summed E-state index contributed by atoms with van der Waals surface area (Å²) in [5.74, 6) is -0.0219. The van der Waals surface area contributed by atoms with Gasteiger partial charge in [0.1, 0.15) is 0 Å². The molecule has 0 aliphatic carbocycles. The fourth-order valence-electron chi connectivity index (χ4n) is 2.57. The van der Waals surface area contributed by atoms with Crippen LogP contribution in [0, 0.1) is 0 Å². The maximum Gasteiger partial charge on any atom is 0.226 e. The van der Waals surface area contributed by atoms with Crippen molar-refractivity contribution in [3.05, 3.63) is 29.8 Å². The Morgan fingerprint density at radius 2 is 1.95 bits per heavy atom. The van der Waals surface area contributed by atoms with Crippen molar-refractivity contribution >= 4 is 11.6 Å². The minimum atomic E-state index is -0.478. The lowest BCUT2D eigenvalue weighted by Gasteiger charge is -2.20. The molecule has 110 valence electrons. The van der Waals surface area contributed by atoms with Gasteiger partial charge in [-0.3, -0.25) is 9.69 Å². The average molecular weight is 275 g/mol. The van der Waals surface area contributed by atoms with E-state index in [9.17, 15) is 4.79 Å². The molecule has 0 radical (unpaired) electrons. The van der Waals surface area contributed by atoms with Gasteiger partial charge in [-0.2, -0.15) is 0 Å². The summed E-state index contributed by atoms with van der Waals surface area (Å²) in [5, 5.41) is 3.00. The van der Waals surface area contributed by atoms with Crippen molar-refractivity contribution in [2.24, 2.45) is 5.73 Å². The van der Waals surface area contributed by atoms with Crippen LogP contribution in [0.3, 0.4) is 0 Å². The van der Waals surface area contributed by atoms with Gasteiger partial charge in [0.15, 0.2) is 0 Å². The van der Waals surface area contributed by atoms with Crippen molar-refractivity contribution in [2.45, 2.75) is 45.2 Å². The van der Waals surface area contributed by atoms with E-state index < -0.39 is 5.54 Å². The molecule has 1 amide bonds. The lowest BCUT2D eigenvalue weighted by atomic mass is 10.0. The predicted molar refractivity (Wildman–Crippen MR) is 82.5 cm³/mol. The van der Waals surface area contributed by atoms with Gasteiger partial charge < -0.3 is 11.1 Å². The molecule has 0 saturated carbocycles. The topological polar surface area (TPSA) is 58.4 Å². The Balaban J connectivity index is 2.01. The van der Waals surface area contributed by atoms with Gasteiger partial charge >= 0.3 is 0 Å². The van der Waals surface area contributed by atoms with Gasteiger partial charge in [0.2, 0.25) is 5.91 Å². The zero-order valence-corrected chi connectivity index (χ0v) is 12.5. The average Bonchev–Trinajstić information content (AvgIpc) is 2.82. The lowest BCUT2D eigenvalue weighted by Crippen LogP contribution is -2.36. The molecule has 1 aliphatic rings. The Bertz CT molecular complexity index is 459. The molecular weight excluding hydrogens is 250 g/mol. The van der Waals surface area contributed by atoms with Gasteiger partial charge in [0, 0.05) is 24.2 Å². The molecule has 1 saturated heterocycles. The molecule has 1 aromatic carbocycles. The number of anilines is 1. The first-order chi connectivity index (χ1) is 9.44. The smallest absolute Gasteiger partial charge is 0.226 e. The third-order valence-corrected chi connectivity index (χ3v) is 3.50. The van der Waals surface area contributed by atoms with E-state index in [1.54, 1.807) is 0 Å². The van der Waals surface area contributed by atoms with Crippen molar-refractivity contribution in [1.29, 1.82) is 0 Å². The molecule has 1 aromatic rings. The number of nitrogens with one attached hydrogen (secondary N) is 1. The summed E-state index contributed by atoms with van der Waals surface area (Å²) < 4.78 is 0. The molecule has 0 spiro atoms. The number of rotatable bonds is 5. The van der Waals surface area contributed by atoms with Crippen LogP contribution in [0.1, 0.15) is 38.7 Å². The zero-order valence-electron chi connectivity index (χ0n) is 12.5. The molecule has 4 heteroatoms. The van der Waals surface area contributed by atoms with Crippen LogP contribution in [0.15, 0.2) is 24.3 Å². The van der Waals surface area contributed by atoms with Crippen LogP contribution in [0.25, 0.3) is 0 Å². The molecule has 1 fully saturated rings. The van der Waals surface area contributed by atoms with Crippen molar-refractivity contribution in [2.75, 3.05) is 18.4 Å². The van der Waals surface area contributed by atoms with Gasteiger partial charge in [0.25, 0.3) is 0 Å². The monoisotopic (exact) mass is 275 g/mol. The number of benzene rings is 1. The van der Waals surface area contributed by atoms with E-state index in [2.05, 4.69) is 16.3 Å². The molecule has 1 aliphatic heterocycles. The summed E-state index contributed by atoms with van der Waals surface area (Å²) >= 11 is 0. The third-order valence-electron chi connectivity index (χ3n) is 3.50. The predicted octanol–water partition coefficient (Wildman–Crippen LogP) is 2.35. The fraction of sp³-hybridized carbons (Fsp3) is 0.562. The van der Waals surface area contributed by atoms with Crippen LogP contribution < -0.4 is 11.1 Å². The van der Waals surface area contributed by atoms with E-state index in [0.717, 1.165) is 25.3 Å². The van der Waals surface area contributed by atoms with E-state index in [1.165, 1.54) is 18.4 Å². The standard InChI is InChI=1S/C16H25N3O/c1-16(2,17)11-15(20)18-14-8-4-3-7-13(14)12-19-9-5-6-10-19/h3-4,7-8H,5-6,9-12,17H2,1-2H3,(H,18,20). The third kappa shape index (κ3) is 4.62. The Morgan fingerprint density at radius 1 is 1.30 bits per heavy atom. The Morgan fingerprint density at radius 3 is 2.60 bits per heavy atom. The van der Waals surface area contributed by atoms with E-state index in [4.69, 9.17) is 5.73 Å². The first kappa shape index (κ1) is 15.0. The number of carbonyl (C=O) groups excluding carboxylic acids is 1. The van der Waals surface area contributed by atoms with Crippen molar-refractivity contribution in [3.8, 4) is 0 Å². The normalized spacial score (nSPS) is 16.4. The van der Waals surface area contributed by atoms with Gasteiger partial charge in [-0.15, -0.1) is 0 Å². The highest BCUT2D eigenvalue weighted by atomic mass is 16.1. The molecule has 2 rings (SSSR count). The fourth-order valence-corrected chi connectivity index (χ4v) is 2.57. The van der Waals surface area contributed by atoms with Crippen molar-refractivity contribution in [1.82, 2.24) is 4.90 Å². The van der Waals surface area contributed by atoms with Gasteiger partial charge in [-0.1, -0.05) is 18.2 Å². The Kier molecular flexibility index (Phi) is 4.78. The molecule has 20 heavy (non-hydrogen) atoms. The molecule has 0 unspecified atom stereocenters. The van der Waals surface area contributed by atoms with Crippen LogP contribution in [-0.4, -0.2) is 29.4 Å². The summed E-state index contributed by atoms with van der Waals surface area (Å²) in [6.07, 6.45) is 2.87. The largest absolute Gasteiger partial charge is 0.326 e.